The molecule has 124 valence electrons. The van der Waals surface area contributed by atoms with E-state index in [4.69, 9.17) is 5.73 Å². The molecule has 2 aromatic carbocycles. The van der Waals surface area contributed by atoms with E-state index < -0.39 is 26.5 Å². The maximum atomic E-state index is 13.3. The van der Waals surface area contributed by atoms with Crippen molar-refractivity contribution in [3.63, 3.8) is 0 Å². The first-order valence-corrected chi connectivity index (χ1v) is 8.20. The van der Waals surface area contributed by atoms with E-state index in [0.29, 0.717) is 12.2 Å². The van der Waals surface area contributed by atoms with E-state index in [-0.39, 0.29) is 10.6 Å². The third kappa shape index (κ3) is 3.58. The van der Waals surface area contributed by atoms with Crippen molar-refractivity contribution in [3.8, 4) is 0 Å². The van der Waals surface area contributed by atoms with Gasteiger partial charge in [0.05, 0.1) is 15.4 Å². The molecular formula is C15H15F3N2O2S. The summed E-state index contributed by atoms with van der Waals surface area (Å²) < 4.78 is 64.8. The Labute approximate surface area is 132 Å². The Morgan fingerprint density at radius 3 is 2.22 bits per heavy atom. The van der Waals surface area contributed by atoms with Crippen LogP contribution in [0.25, 0.3) is 0 Å². The quantitative estimate of drug-likeness (QED) is 0.832. The van der Waals surface area contributed by atoms with Gasteiger partial charge in [-0.1, -0.05) is 0 Å². The summed E-state index contributed by atoms with van der Waals surface area (Å²) in [6, 6.07) is 8.09. The van der Waals surface area contributed by atoms with Gasteiger partial charge in [-0.25, -0.2) is 8.42 Å². The van der Waals surface area contributed by atoms with Crippen molar-refractivity contribution in [2.75, 3.05) is 17.6 Å². The van der Waals surface area contributed by atoms with E-state index in [9.17, 15) is 21.6 Å². The van der Waals surface area contributed by atoms with E-state index in [0.717, 1.165) is 12.1 Å². The number of anilines is 2. The molecule has 8 heteroatoms. The first kappa shape index (κ1) is 17.1. The van der Waals surface area contributed by atoms with Gasteiger partial charge in [0.25, 0.3) is 0 Å². The van der Waals surface area contributed by atoms with Crippen molar-refractivity contribution >= 4 is 21.2 Å². The first-order valence-electron chi connectivity index (χ1n) is 6.72. The van der Waals surface area contributed by atoms with E-state index in [1.807, 2.05) is 0 Å². The van der Waals surface area contributed by atoms with Crippen molar-refractivity contribution in [1.82, 2.24) is 0 Å². The van der Waals surface area contributed by atoms with Crippen LogP contribution < -0.4 is 11.1 Å². The fraction of sp³-hybridized carbons (Fsp3) is 0.200. The molecule has 0 aliphatic heterocycles. The highest BCUT2D eigenvalue weighted by atomic mass is 32.2. The first-order chi connectivity index (χ1) is 10.7. The fourth-order valence-electron chi connectivity index (χ4n) is 2.07. The van der Waals surface area contributed by atoms with Crippen LogP contribution in [0.5, 0.6) is 0 Å². The third-order valence-corrected chi connectivity index (χ3v) is 4.97. The van der Waals surface area contributed by atoms with Crippen molar-refractivity contribution in [3.05, 3.63) is 48.0 Å². The molecule has 0 unspecified atom stereocenters. The summed E-state index contributed by atoms with van der Waals surface area (Å²) in [5.41, 5.74) is 4.80. The molecule has 0 bridgehead atoms. The molecule has 0 fully saturated rings. The molecule has 0 radical (unpaired) electrons. The van der Waals surface area contributed by atoms with Gasteiger partial charge >= 0.3 is 6.18 Å². The second kappa shape index (κ2) is 6.11. The van der Waals surface area contributed by atoms with Crippen LogP contribution >= 0.6 is 0 Å². The Kier molecular flexibility index (Phi) is 4.56. The van der Waals surface area contributed by atoms with Crippen LogP contribution in [0, 0.1) is 0 Å². The van der Waals surface area contributed by atoms with E-state index in [1.54, 1.807) is 6.92 Å². The Hall–Kier alpha value is -2.22. The van der Waals surface area contributed by atoms with Crippen LogP contribution in [-0.2, 0) is 16.0 Å². The van der Waals surface area contributed by atoms with E-state index in [2.05, 4.69) is 5.32 Å². The van der Waals surface area contributed by atoms with Gasteiger partial charge in [-0.3, -0.25) is 0 Å². The maximum absolute atomic E-state index is 13.3. The average molecular weight is 344 g/mol. The largest absolute Gasteiger partial charge is 0.417 e. The van der Waals surface area contributed by atoms with E-state index >= 15 is 0 Å². The smallest absolute Gasteiger partial charge is 0.399 e. The van der Waals surface area contributed by atoms with Crippen molar-refractivity contribution < 1.29 is 21.6 Å². The van der Waals surface area contributed by atoms with Gasteiger partial charge in [-0.2, -0.15) is 13.2 Å². The van der Waals surface area contributed by atoms with Crippen LogP contribution in [0.15, 0.2) is 52.3 Å². The van der Waals surface area contributed by atoms with Crippen LogP contribution in [-0.4, -0.2) is 15.0 Å². The number of nitrogen functional groups attached to an aromatic ring is 1. The minimum Gasteiger partial charge on any atom is -0.399 e. The van der Waals surface area contributed by atoms with Crippen LogP contribution in [0.2, 0.25) is 0 Å². The molecule has 0 spiro atoms. The lowest BCUT2D eigenvalue weighted by atomic mass is 10.2. The molecule has 0 saturated heterocycles. The van der Waals surface area contributed by atoms with Gasteiger partial charge in [0.2, 0.25) is 9.84 Å². The SMILES string of the molecule is CCNc1ccc(S(=O)(=O)c2ccc(N)cc2)c(C(F)(F)F)c1. The topological polar surface area (TPSA) is 72.2 Å². The number of sulfone groups is 1. The standard InChI is InChI=1S/C15H15F3N2O2S/c1-2-20-11-5-8-14(13(9-11)15(16,17)18)23(21,22)12-6-3-10(19)4-7-12/h3-9,20H,2,19H2,1H3. The predicted molar refractivity (Wildman–Crippen MR) is 81.9 cm³/mol. The van der Waals surface area contributed by atoms with Gasteiger partial charge < -0.3 is 11.1 Å². The van der Waals surface area contributed by atoms with Crippen molar-refractivity contribution in [2.24, 2.45) is 0 Å². The zero-order valence-corrected chi connectivity index (χ0v) is 13.0. The molecule has 2 rings (SSSR count). The monoisotopic (exact) mass is 344 g/mol. The number of alkyl halides is 3. The molecule has 0 aliphatic carbocycles. The van der Waals surface area contributed by atoms with Crippen LogP contribution in [0.4, 0.5) is 24.5 Å². The van der Waals surface area contributed by atoms with Crippen LogP contribution in [0.3, 0.4) is 0 Å². The van der Waals surface area contributed by atoms with E-state index in [1.165, 1.54) is 30.3 Å². The fourth-order valence-corrected chi connectivity index (χ4v) is 3.53. The number of benzene rings is 2. The summed E-state index contributed by atoms with van der Waals surface area (Å²) >= 11 is 0. The predicted octanol–water partition coefficient (Wildman–Crippen LogP) is 3.55. The zero-order valence-electron chi connectivity index (χ0n) is 12.2. The number of halogens is 3. The van der Waals surface area contributed by atoms with Gasteiger partial charge in [0, 0.05) is 17.9 Å². The Morgan fingerprint density at radius 2 is 1.70 bits per heavy atom. The summed E-state index contributed by atoms with van der Waals surface area (Å²) in [5.74, 6) is 0. The van der Waals surface area contributed by atoms with Crippen molar-refractivity contribution in [2.45, 2.75) is 22.9 Å². The minimum absolute atomic E-state index is 0.205. The maximum Gasteiger partial charge on any atom is 0.417 e. The van der Waals surface area contributed by atoms with Gasteiger partial charge in [0.1, 0.15) is 0 Å². The highest BCUT2D eigenvalue weighted by Crippen LogP contribution is 2.38. The normalized spacial score (nSPS) is 12.2. The molecule has 0 heterocycles. The molecule has 0 aliphatic rings. The second-order valence-electron chi connectivity index (χ2n) is 4.81. The molecule has 0 atom stereocenters. The third-order valence-electron chi connectivity index (χ3n) is 3.15. The molecule has 0 aromatic heterocycles. The number of nitrogens with two attached hydrogens (primary N) is 1. The molecule has 4 nitrogen and oxygen atoms in total. The lowest BCUT2D eigenvalue weighted by molar-refractivity contribution is -0.139. The minimum atomic E-state index is -4.79. The number of hydrogen-bond acceptors (Lipinski definition) is 4. The highest BCUT2D eigenvalue weighted by molar-refractivity contribution is 7.91. The number of rotatable bonds is 4. The molecule has 0 amide bonds. The van der Waals surface area contributed by atoms with Crippen molar-refractivity contribution in [1.29, 1.82) is 0 Å². The molecule has 23 heavy (non-hydrogen) atoms. The van der Waals surface area contributed by atoms with Gasteiger partial charge in [-0.05, 0) is 49.4 Å². The van der Waals surface area contributed by atoms with Crippen LogP contribution in [0.1, 0.15) is 12.5 Å². The summed E-state index contributed by atoms with van der Waals surface area (Å²) in [6.45, 7) is 2.15. The second-order valence-corrected chi connectivity index (χ2v) is 6.73. The number of nitrogens with one attached hydrogen (secondary N) is 1. The lowest BCUT2D eigenvalue weighted by Gasteiger charge is -2.15. The zero-order chi connectivity index (χ0) is 17.3. The Bertz CT molecular complexity index is 800. The summed E-state index contributed by atoms with van der Waals surface area (Å²) in [7, 11) is -4.30. The Morgan fingerprint density at radius 1 is 1.09 bits per heavy atom. The molecular weight excluding hydrogens is 329 g/mol. The molecule has 2 aromatic rings. The lowest BCUT2D eigenvalue weighted by Crippen LogP contribution is -2.14. The number of hydrogen-bond donors (Lipinski definition) is 2. The molecule has 3 N–H and O–H groups in total. The summed E-state index contributed by atoms with van der Waals surface area (Å²) in [6.07, 6.45) is -4.79. The highest BCUT2D eigenvalue weighted by Gasteiger charge is 2.38. The average Bonchev–Trinajstić information content (AvgIpc) is 2.47. The summed E-state index contributed by atoms with van der Waals surface area (Å²) in [4.78, 5) is -1.02. The molecule has 0 saturated carbocycles. The van der Waals surface area contributed by atoms with Gasteiger partial charge in [0.15, 0.2) is 0 Å². The summed E-state index contributed by atoms with van der Waals surface area (Å²) in [5, 5.41) is 2.73. The Balaban J connectivity index is 2.64. The van der Waals surface area contributed by atoms with Gasteiger partial charge in [-0.15, -0.1) is 0 Å².